The molecule has 2 aliphatic heterocycles. The predicted octanol–water partition coefficient (Wildman–Crippen LogP) is 2.41. The van der Waals surface area contributed by atoms with Crippen molar-refractivity contribution < 1.29 is 23.9 Å². The number of amides is 2. The van der Waals surface area contributed by atoms with Gasteiger partial charge in [-0.25, -0.2) is 4.79 Å². The molecule has 2 amide bonds. The number of rotatable bonds is 5. The highest BCUT2D eigenvalue weighted by molar-refractivity contribution is 6.22. The normalized spacial score (nSPS) is 15.1. The molecule has 2 aromatic rings. The fourth-order valence-corrected chi connectivity index (χ4v) is 4.22. The molecule has 34 heavy (non-hydrogen) atoms. The van der Waals surface area contributed by atoms with E-state index in [0.717, 1.165) is 21.8 Å². The molecule has 2 heterocycles. The first-order chi connectivity index (χ1) is 16.2. The Morgan fingerprint density at radius 2 is 1.59 bits per heavy atom. The maximum absolute atomic E-state index is 12.8. The second kappa shape index (κ2) is 8.48. The number of hydrogen-bond acceptors (Lipinski definition) is 8. The van der Waals surface area contributed by atoms with Gasteiger partial charge in [0, 0.05) is 14.1 Å². The Hall–Kier alpha value is -4.45. The highest BCUT2D eigenvalue weighted by Crippen LogP contribution is 2.40. The van der Waals surface area contributed by atoms with Crippen molar-refractivity contribution >= 4 is 34.9 Å². The molecule has 0 spiro atoms. The van der Waals surface area contributed by atoms with E-state index in [2.05, 4.69) is 0 Å². The zero-order valence-corrected chi connectivity index (χ0v) is 19.2. The van der Waals surface area contributed by atoms with Crippen LogP contribution in [0, 0.1) is 18.3 Å². The van der Waals surface area contributed by atoms with Gasteiger partial charge in [-0.15, -0.1) is 0 Å². The first-order valence-corrected chi connectivity index (χ1v) is 10.6. The lowest BCUT2D eigenvalue weighted by atomic mass is 10.1. The van der Waals surface area contributed by atoms with Gasteiger partial charge in [0.1, 0.15) is 23.5 Å². The number of aryl methyl sites for hydroxylation is 1. The van der Waals surface area contributed by atoms with Gasteiger partial charge < -0.3 is 14.5 Å². The number of Topliss-reactive ketones (excluding diaryl/α,β-unsaturated/α-hetero) is 1. The largest absolute Gasteiger partial charge is 0.456 e. The SMILES string of the molecule is Cc1ccc2c(c1)C(=O)N(C(C)C(=O)OCC(=O)C(C#N)=C1N(C)c3ccccc3N1C)C2=O. The van der Waals surface area contributed by atoms with Crippen LogP contribution in [0.2, 0.25) is 0 Å². The van der Waals surface area contributed by atoms with Gasteiger partial charge in [-0.1, -0.05) is 23.8 Å². The summed E-state index contributed by atoms with van der Waals surface area (Å²) in [6.45, 7) is 2.46. The highest BCUT2D eigenvalue weighted by Gasteiger charge is 2.41. The third-order valence-electron chi connectivity index (χ3n) is 6.00. The minimum absolute atomic E-state index is 0.169. The van der Waals surface area contributed by atoms with E-state index in [-0.39, 0.29) is 16.7 Å². The number of nitrogens with zero attached hydrogens (tertiary/aromatic N) is 4. The molecule has 0 fully saturated rings. The number of nitriles is 1. The van der Waals surface area contributed by atoms with Crippen molar-refractivity contribution in [3.63, 3.8) is 0 Å². The van der Waals surface area contributed by atoms with E-state index in [0.29, 0.717) is 5.82 Å². The molecule has 9 heteroatoms. The second-order valence-corrected chi connectivity index (χ2v) is 8.15. The fraction of sp³-hybridized carbons (Fsp3) is 0.240. The Kier molecular flexibility index (Phi) is 5.67. The molecule has 1 atom stereocenters. The van der Waals surface area contributed by atoms with E-state index in [1.54, 1.807) is 49.0 Å². The van der Waals surface area contributed by atoms with E-state index in [1.807, 2.05) is 30.3 Å². The topological polar surface area (TPSA) is 111 Å². The summed E-state index contributed by atoms with van der Waals surface area (Å²) >= 11 is 0. The fourth-order valence-electron chi connectivity index (χ4n) is 4.22. The molecule has 0 aromatic heterocycles. The number of para-hydroxylation sites is 2. The van der Waals surface area contributed by atoms with Crippen molar-refractivity contribution in [3.05, 3.63) is 70.5 Å². The highest BCUT2D eigenvalue weighted by atomic mass is 16.5. The van der Waals surface area contributed by atoms with Gasteiger partial charge in [-0.3, -0.25) is 19.3 Å². The van der Waals surface area contributed by atoms with Crippen molar-refractivity contribution in [1.29, 1.82) is 5.26 Å². The number of ether oxygens (including phenoxy) is 1. The smallest absolute Gasteiger partial charge is 0.329 e. The van der Waals surface area contributed by atoms with Crippen LogP contribution in [0.15, 0.2) is 53.9 Å². The van der Waals surface area contributed by atoms with Crippen LogP contribution in [0.4, 0.5) is 11.4 Å². The van der Waals surface area contributed by atoms with E-state index in [4.69, 9.17) is 4.74 Å². The Labute approximate surface area is 196 Å². The summed E-state index contributed by atoms with van der Waals surface area (Å²) in [5.41, 5.74) is 2.74. The summed E-state index contributed by atoms with van der Waals surface area (Å²) in [4.78, 5) is 55.1. The summed E-state index contributed by atoms with van der Waals surface area (Å²) in [5, 5.41) is 9.69. The van der Waals surface area contributed by atoms with Crippen LogP contribution in [-0.2, 0) is 14.3 Å². The molecular weight excluding hydrogens is 436 g/mol. The van der Waals surface area contributed by atoms with Crippen molar-refractivity contribution in [3.8, 4) is 6.07 Å². The molecule has 2 aliphatic rings. The number of carbonyl (C=O) groups is 4. The summed E-state index contributed by atoms with van der Waals surface area (Å²) in [6.07, 6.45) is 0. The van der Waals surface area contributed by atoms with Gasteiger partial charge in [0.25, 0.3) is 11.8 Å². The number of fused-ring (bicyclic) bond motifs is 2. The maximum Gasteiger partial charge on any atom is 0.329 e. The standard InChI is InChI=1S/C25H22N4O5/c1-14-9-10-16-17(11-14)24(32)29(23(16)31)15(2)25(33)34-13-21(30)18(12-26)22-27(3)19-7-5-6-8-20(19)28(22)4/h5-11,15H,13H2,1-4H3. The third kappa shape index (κ3) is 3.49. The molecule has 1 unspecified atom stereocenters. The molecule has 172 valence electrons. The molecule has 0 N–H and O–H groups in total. The first-order valence-electron chi connectivity index (χ1n) is 10.6. The second-order valence-electron chi connectivity index (χ2n) is 8.15. The Morgan fingerprint density at radius 1 is 1.00 bits per heavy atom. The molecule has 0 saturated heterocycles. The number of anilines is 2. The number of esters is 1. The molecular formula is C25H22N4O5. The average Bonchev–Trinajstić information content (AvgIpc) is 3.22. The van der Waals surface area contributed by atoms with Crippen LogP contribution < -0.4 is 9.80 Å². The lowest BCUT2D eigenvalue weighted by Crippen LogP contribution is -2.44. The van der Waals surface area contributed by atoms with Crippen LogP contribution >= 0.6 is 0 Å². The lowest BCUT2D eigenvalue weighted by molar-refractivity contribution is -0.150. The number of hydrogen-bond donors (Lipinski definition) is 0. The molecule has 0 saturated carbocycles. The Bertz CT molecular complexity index is 1290. The summed E-state index contributed by atoms with van der Waals surface area (Å²) in [6, 6.07) is 13.0. The maximum atomic E-state index is 12.8. The van der Waals surface area contributed by atoms with Crippen LogP contribution in [-0.4, -0.2) is 55.2 Å². The van der Waals surface area contributed by atoms with Gasteiger partial charge in [0.05, 0.1) is 22.5 Å². The predicted molar refractivity (Wildman–Crippen MR) is 123 cm³/mol. The van der Waals surface area contributed by atoms with Crippen LogP contribution in [0.25, 0.3) is 0 Å². The molecule has 0 bridgehead atoms. The van der Waals surface area contributed by atoms with Gasteiger partial charge in [-0.05, 0) is 38.1 Å². The molecule has 9 nitrogen and oxygen atoms in total. The Morgan fingerprint density at radius 3 is 2.18 bits per heavy atom. The van der Waals surface area contributed by atoms with Crippen LogP contribution in [0.5, 0.6) is 0 Å². The molecule has 0 aliphatic carbocycles. The van der Waals surface area contributed by atoms with Gasteiger partial charge in [-0.2, -0.15) is 5.26 Å². The quantitative estimate of drug-likeness (QED) is 0.291. The number of carbonyl (C=O) groups excluding carboxylic acids is 4. The summed E-state index contributed by atoms with van der Waals surface area (Å²) in [7, 11) is 3.47. The number of ketones is 1. The minimum Gasteiger partial charge on any atom is -0.456 e. The van der Waals surface area contributed by atoms with Crippen LogP contribution in [0.3, 0.4) is 0 Å². The monoisotopic (exact) mass is 458 g/mol. The van der Waals surface area contributed by atoms with Crippen molar-refractivity contribution in [2.75, 3.05) is 30.5 Å². The zero-order chi connectivity index (χ0) is 24.7. The van der Waals surface area contributed by atoms with Crippen molar-refractivity contribution in [1.82, 2.24) is 4.90 Å². The van der Waals surface area contributed by atoms with Crippen LogP contribution in [0.1, 0.15) is 33.2 Å². The zero-order valence-electron chi connectivity index (χ0n) is 19.2. The average molecular weight is 458 g/mol. The van der Waals surface area contributed by atoms with E-state index in [9.17, 15) is 24.4 Å². The summed E-state index contributed by atoms with van der Waals surface area (Å²) in [5.74, 6) is -2.43. The van der Waals surface area contributed by atoms with Gasteiger partial charge >= 0.3 is 5.97 Å². The van der Waals surface area contributed by atoms with E-state index >= 15 is 0 Å². The van der Waals surface area contributed by atoms with E-state index in [1.165, 1.54) is 6.92 Å². The minimum atomic E-state index is -1.24. The number of benzene rings is 2. The molecule has 2 aromatic carbocycles. The first kappa shape index (κ1) is 22.7. The van der Waals surface area contributed by atoms with Crippen molar-refractivity contribution in [2.24, 2.45) is 0 Å². The van der Waals surface area contributed by atoms with E-state index < -0.39 is 36.2 Å². The Balaban J connectivity index is 1.49. The van der Waals surface area contributed by atoms with Gasteiger partial charge in [0.15, 0.2) is 6.61 Å². The molecule has 0 radical (unpaired) electrons. The third-order valence-corrected chi connectivity index (χ3v) is 6.00. The molecule has 4 rings (SSSR count). The summed E-state index contributed by atoms with van der Waals surface area (Å²) < 4.78 is 5.13. The van der Waals surface area contributed by atoms with Crippen molar-refractivity contribution in [2.45, 2.75) is 19.9 Å². The van der Waals surface area contributed by atoms with Gasteiger partial charge in [0.2, 0.25) is 5.78 Å². The lowest BCUT2D eigenvalue weighted by Gasteiger charge is -2.21. The number of imide groups is 1.